The maximum atomic E-state index is 4.78. The van der Waals surface area contributed by atoms with Gasteiger partial charge in [-0.15, -0.1) is 0 Å². The summed E-state index contributed by atoms with van der Waals surface area (Å²) >= 11 is 2.07. The van der Waals surface area contributed by atoms with E-state index in [1.54, 1.807) is 0 Å². The van der Waals surface area contributed by atoms with Crippen LogP contribution in [-0.4, -0.2) is 40.1 Å². The van der Waals surface area contributed by atoms with Crippen LogP contribution in [0.4, 0.5) is 11.6 Å². The molecule has 0 saturated carbocycles. The van der Waals surface area contributed by atoms with E-state index in [1.807, 2.05) is 0 Å². The van der Waals surface area contributed by atoms with Gasteiger partial charge < -0.3 is 10.2 Å². The molecule has 1 fully saturated rings. The molecule has 118 valence electrons. The Morgan fingerprint density at radius 2 is 2.10 bits per heavy atom. The van der Waals surface area contributed by atoms with E-state index in [1.165, 1.54) is 6.42 Å². The molecule has 1 saturated heterocycles. The van der Waals surface area contributed by atoms with E-state index >= 15 is 0 Å². The van der Waals surface area contributed by atoms with E-state index in [2.05, 4.69) is 60.7 Å². The standard InChI is InChI=1S/C16H28N4S/c1-5-7-13-18-14(17-6-2)12-15(19-13)20-9-8-16(3,4)21-11-10-20/h12H,5-11H2,1-4H3,(H,17,18,19). The van der Waals surface area contributed by atoms with Crippen molar-refractivity contribution in [3.05, 3.63) is 11.9 Å². The quantitative estimate of drug-likeness (QED) is 0.900. The van der Waals surface area contributed by atoms with Crippen LogP contribution in [0.15, 0.2) is 6.07 Å². The van der Waals surface area contributed by atoms with E-state index in [4.69, 9.17) is 4.98 Å². The second-order valence-corrected chi connectivity index (χ2v) is 7.96. The van der Waals surface area contributed by atoms with Gasteiger partial charge in [-0.3, -0.25) is 0 Å². The fourth-order valence-corrected chi connectivity index (χ4v) is 3.60. The van der Waals surface area contributed by atoms with Gasteiger partial charge in [0, 0.05) is 42.6 Å². The Labute approximate surface area is 133 Å². The van der Waals surface area contributed by atoms with Crippen LogP contribution < -0.4 is 10.2 Å². The molecule has 1 aromatic heterocycles. The first kappa shape index (κ1) is 16.4. The number of thioether (sulfide) groups is 1. The van der Waals surface area contributed by atoms with Crippen molar-refractivity contribution >= 4 is 23.4 Å². The highest BCUT2D eigenvalue weighted by molar-refractivity contribution is 8.00. The third-order valence-corrected chi connectivity index (χ3v) is 5.12. The van der Waals surface area contributed by atoms with Crippen molar-refractivity contribution in [1.29, 1.82) is 0 Å². The predicted octanol–water partition coefficient (Wildman–Crippen LogP) is 3.58. The Hall–Kier alpha value is -0.970. The Balaban J connectivity index is 2.20. The average Bonchev–Trinajstić information content (AvgIpc) is 2.60. The summed E-state index contributed by atoms with van der Waals surface area (Å²) in [5.74, 6) is 4.17. The molecule has 1 aromatic rings. The molecule has 0 unspecified atom stereocenters. The first-order chi connectivity index (χ1) is 10.0. The van der Waals surface area contributed by atoms with Crippen LogP contribution in [0.2, 0.25) is 0 Å². The first-order valence-electron chi connectivity index (χ1n) is 8.05. The monoisotopic (exact) mass is 308 g/mol. The minimum absolute atomic E-state index is 0.374. The minimum atomic E-state index is 0.374. The average molecular weight is 308 g/mol. The van der Waals surface area contributed by atoms with Gasteiger partial charge in [0.1, 0.15) is 17.5 Å². The second kappa shape index (κ2) is 7.34. The lowest BCUT2D eigenvalue weighted by Gasteiger charge is -2.24. The topological polar surface area (TPSA) is 41.1 Å². The van der Waals surface area contributed by atoms with Gasteiger partial charge in [0.05, 0.1) is 0 Å². The summed E-state index contributed by atoms with van der Waals surface area (Å²) in [6.07, 6.45) is 3.22. The summed E-state index contributed by atoms with van der Waals surface area (Å²) in [5.41, 5.74) is 0. The van der Waals surface area contributed by atoms with Crippen LogP contribution in [0.5, 0.6) is 0 Å². The molecule has 21 heavy (non-hydrogen) atoms. The first-order valence-corrected chi connectivity index (χ1v) is 9.03. The number of anilines is 2. The molecule has 0 spiro atoms. The molecule has 0 amide bonds. The predicted molar refractivity (Wildman–Crippen MR) is 93.6 cm³/mol. The SMILES string of the molecule is CCCc1nc(NCC)cc(N2CCSC(C)(C)CC2)n1. The lowest BCUT2D eigenvalue weighted by Crippen LogP contribution is -2.28. The van der Waals surface area contributed by atoms with Crippen molar-refractivity contribution in [3.8, 4) is 0 Å². The maximum absolute atomic E-state index is 4.78. The van der Waals surface area contributed by atoms with Gasteiger partial charge in [0.2, 0.25) is 0 Å². The highest BCUT2D eigenvalue weighted by atomic mass is 32.2. The van der Waals surface area contributed by atoms with Gasteiger partial charge in [-0.1, -0.05) is 20.8 Å². The van der Waals surface area contributed by atoms with Gasteiger partial charge in [-0.2, -0.15) is 11.8 Å². The van der Waals surface area contributed by atoms with E-state index in [0.29, 0.717) is 4.75 Å². The summed E-state index contributed by atoms with van der Waals surface area (Å²) in [6.45, 7) is 12.0. The van der Waals surface area contributed by atoms with E-state index in [0.717, 1.165) is 55.7 Å². The summed E-state index contributed by atoms with van der Waals surface area (Å²) in [7, 11) is 0. The molecule has 1 aliphatic heterocycles. The highest BCUT2D eigenvalue weighted by Crippen LogP contribution is 2.32. The van der Waals surface area contributed by atoms with Crippen molar-refractivity contribution in [1.82, 2.24) is 9.97 Å². The zero-order valence-corrected chi connectivity index (χ0v) is 14.6. The third kappa shape index (κ3) is 4.77. The summed E-state index contributed by atoms with van der Waals surface area (Å²) in [6, 6.07) is 2.10. The lowest BCUT2D eigenvalue weighted by molar-refractivity contribution is 0.633. The van der Waals surface area contributed by atoms with Crippen LogP contribution in [0.25, 0.3) is 0 Å². The smallest absolute Gasteiger partial charge is 0.134 e. The Kier molecular flexibility index (Phi) is 5.73. The van der Waals surface area contributed by atoms with Crippen molar-refractivity contribution in [2.24, 2.45) is 0 Å². The molecular formula is C16H28N4S. The van der Waals surface area contributed by atoms with Crippen LogP contribution >= 0.6 is 11.8 Å². The van der Waals surface area contributed by atoms with Gasteiger partial charge in [0.15, 0.2) is 0 Å². The fourth-order valence-electron chi connectivity index (χ4n) is 2.50. The number of hydrogen-bond acceptors (Lipinski definition) is 5. The molecule has 0 aliphatic carbocycles. The summed E-state index contributed by atoms with van der Waals surface area (Å²) in [5, 5.41) is 3.33. The summed E-state index contributed by atoms with van der Waals surface area (Å²) in [4.78, 5) is 11.8. The number of hydrogen-bond donors (Lipinski definition) is 1. The Morgan fingerprint density at radius 1 is 1.29 bits per heavy atom. The highest BCUT2D eigenvalue weighted by Gasteiger charge is 2.24. The number of rotatable bonds is 5. The molecule has 0 bridgehead atoms. The second-order valence-electron chi connectivity index (χ2n) is 6.15. The number of nitrogens with zero attached hydrogens (tertiary/aromatic N) is 3. The van der Waals surface area contributed by atoms with Crippen molar-refractivity contribution in [2.75, 3.05) is 35.6 Å². The zero-order valence-electron chi connectivity index (χ0n) is 13.8. The van der Waals surface area contributed by atoms with Crippen LogP contribution in [0, 0.1) is 0 Å². The van der Waals surface area contributed by atoms with E-state index in [-0.39, 0.29) is 0 Å². The van der Waals surface area contributed by atoms with Gasteiger partial charge in [-0.05, 0) is 19.8 Å². The lowest BCUT2D eigenvalue weighted by atomic mass is 10.1. The molecule has 5 heteroatoms. The van der Waals surface area contributed by atoms with Gasteiger partial charge in [0.25, 0.3) is 0 Å². The van der Waals surface area contributed by atoms with Gasteiger partial charge in [-0.25, -0.2) is 9.97 Å². The number of nitrogens with one attached hydrogen (secondary N) is 1. The van der Waals surface area contributed by atoms with Crippen molar-refractivity contribution in [2.45, 2.75) is 51.7 Å². The molecule has 0 radical (unpaired) electrons. The largest absolute Gasteiger partial charge is 0.370 e. The molecule has 1 aliphatic rings. The van der Waals surface area contributed by atoms with Crippen molar-refractivity contribution in [3.63, 3.8) is 0 Å². The molecule has 1 N–H and O–H groups in total. The van der Waals surface area contributed by atoms with E-state index in [9.17, 15) is 0 Å². The molecule has 2 heterocycles. The zero-order chi connectivity index (χ0) is 15.3. The number of aromatic nitrogens is 2. The van der Waals surface area contributed by atoms with E-state index < -0.39 is 0 Å². The summed E-state index contributed by atoms with van der Waals surface area (Å²) < 4.78 is 0.374. The molecule has 2 rings (SSSR count). The molecule has 4 nitrogen and oxygen atoms in total. The molecule has 0 atom stereocenters. The number of aryl methyl sites for hydroxylation is 1. The fraction of sp³-hybridized carbons (Fsp3) is 0.750. The van der Waals surface area contributed by atoms with Crippen LogP contribution in [-0.2, 0) is 6.42 Å². The maximum Gasteiger partial charge on any atom is 0.134 e. The van der Waals surface area contributed by atoms with Gasteiger partial charge >= 0.3 is 0 Å². The normalized spacial score (nSPS) is 18.4. The van der Waals surface area contributed by atoms with Crippen LogP contribution in [0.1, 0.15) is 46.4 Å². The van der Waals surface area contributed by atoms with Crippen LogP contribution in [0.3, 0.4) is 0 Å². The molecular weight excluding hydrogens is 280 g/mol. The van der Waals surface area contributed by atoms with Crippen molar-refractivity contribution < 1.29 is 0 Å². The Morgan fingerprint density at radius 3 is 2.81 bits per heavy atom. The molecule has 0 aromatic carbocycles. The third-order valence-electron chi connectivity index (χ3n) is 3.75. The Bertz CT molecular complexity index is 437. The minimum Gasteiger partial charge on any atom is -0.370 e.